The molecule has 0 amide bonds. The number of hydrogen-bond donors (Lipinski definition) is 2. The maximum Gasteiger partial charge on any atom is 0.170 e. The minimum Gasteiger partial charge on any atom is -0.325 e. The molecule has 1 aromatic heterocycles. The van der Waals surface area contributed by atoms with E-state index in [2.05, 4.69) is 43.5 Å². The molecule has 3 N–H and O–H groups in total. The molecule has 1 aliphatic heterocycles. The number of likely N-dealkylation sites (tertiary alicyclic amines) is 1. The summed E-state index contributed by atoms with van der Waals surface area (Å²) in [6.45, 7) is 4.74. The van der Waals surface area contributed by atoms with Gasteiger partial charge in [-0.2, -0.15) is 5.10 Å². The fourth-order valence-electron chi connectivity index (χ4n) is 3.28. The summed E-state index contributed by atoms with van der Waals surface area (Å²) in [5.74, 6) is 0.647. The Morgan fingerprint density at radius 1 is 1.42 bits per heavy atom. The molecular formula is C19H28ClN4OP. The third-order valence-corrected chi connectivity index (χ3v) is 5.97. The maximum absolute atomic E-state index is 10.4. The van der Waals surface area contributed by atoms with E-state index in [-0.39, 0.29) is 0 Å². The first-order chi connectivity index (χ1) is 12.5. The number of halogens is 1. The van der Waals surface area contributed by atoms with Gasteiger partial charge in [0.1, 0.15) is 5.69 Å². The number of rotatable bonds is 4. The normalized spacial score (nSPS) is 15.4. The first-order valence-corrected chi connectivity index (χ1v) is 9.91. The number of aromatic nitrogens is 2. The van der Waals surface area contributed by atoms with Crippen molar-refractivity contribution in [1.29, 1.82) is 0 Å². The summed E-state index contributed by atoms with van der Waals surface area (Å²) in [7, 11) is 4.89. The number of nitrogens with two attached hydrogens (primary N) is 1. The van der Waals surface area contributed by atoms with E-state index in [1.54, 1.807) is 0 Å². The van der Waals surface area contributed by atoms with E-state index >= 15 is 0 Å². The minimum atomic E-state index is 0.407. The quantitative estimate of drug-likeness (QED) is 0.617. The number of nitrogens with zero attached hydrogens (tertiary/aromatic N) is 2. The highest BCUT2D eigenvalue weighted by Gasteiger charge is 2.20. The van der Waals surface area contributed by atoms with E-state index in [4.69, 9.17) is 17.3 Å². The minimum absolute atomic E-state index is 0.407. The first-order valence-electron chi connectivity index (χ1n) is 8.95. The largest absolute Gasteiger partial charge is 0.325 e. The van der Waals surface area contributed by atoms with Gasteiger partial charge in [0.15, 0.2) is 6.29 Å². The van der Waals surface area contributed by atoms with Gasteiger partial charge in [-0.3, -0.25) is 9.89 Å². The zero-order chi connectivity index (χ0) is 19.1. The van der Waals surface area contributed by atoms with Crippen LogP contribution in [-0.2, 0) is 13.0 Å². The van der Waals surface area contributed by atoms with Gasteiger partial charge in [-0.1, -0.05) is 36.7 Å². The van der Waals surface area contributed by atoms with Crippen LogP contribution in [-0.4, -0.2) is 41.5 Å². The molecule has 5 nitrogen and oxygen atoms in total. The zero-order valence-corrected chi connectivity index (χ0v) is 17.4. The van der Waals surface area contributed by atoms with E-state index in [9.17, 15) is 4.79 Å². The number of hydrogen-bond acceptors (Lipinski definition) is 4. The van der Waals surface area contributed by atoms with Crippen LogP contribution in [0.15, 0.2) is 18.2 Å². The van der Waals surface area contributed by atoms with Crippen LogP contribution in [0.25, 0.3) is 0 Å². The smallest absolute Gasteiger partial charge is 0.170 e. The monoisotopic (exact) mass is 394 g/mol. The Morgan fingerprint density at radius 3 is 2.69 bits per heavy atom. The maximum atomic E-state index is 10.4. The second kappa shape index (κ2) is 10.2. The third kappa shape index (κ3) is 5.14. The van der Waals surface area contributed by atoms with Crippen LogP contribution in [0, 0.1) is 0 Å². The highest BCUT2D eigenvalue weighted by atomic mass is 35.5. The average Bonchev–Trinajstić information content (AvgIpc) is 3.07. The van der Waals surface area contributed by atoms with Gasteiger partial charge < -0.3 is 10.6 Å². The van der Waals surface area contributed by atoms with Gasteiger partial charge >= 0.3 is 0 Å². The van der Waals surface area contributed by atoms with Gasteiger partial charge in [0.25, 0.3) is 0 Å². The van der Waals surface area contributed by atoms with E-state index in [0.717, 1.165) is 34.3 Å². The highest BCUT2D eigenvalue weighted by Crippen LogP contribution is 2.31. The Balaban J connectivity index is 0.000000197. The topological polar surface area (TPSA) is 75.0 Å². The first kappa shape index (κ1) is 21.0. The zero-order valence-electron chi connectivity index (χ0n) is 15.5. The molecule has 26 heavy (non-hydrogen) atoms. The van der Waals surface area contributed by atoms with E-state index in [0.29, 0.717) is 18.2 Å². The number of aromatic amines is 1. The van der Waals surface area contributed by atoms with Crippen molar-refractivity contribution in [3.8, 4) is 0 Å². The number of nitrogens with one attached hydrogen (secondary N) is 1. The summed E-state index contributed by atoms with van der Waals surface area (Å²) in [6.07, 6.45) is 3.99. The highest BCUT2D eigenvalue weighted by molar-refractivity contribution is 7.28. The Hall–Kier alpha value is -1.26. The van der Waals surface area contributed by atoms with Crippen LogP contribution < -0.4 is 11.0 Å². The molecule has 1 saturated heterocycles. The van der Waals surface area contributed by atoms with E-state index in [1.807, 2.05) is 13.0 Å². The van der Waals surface area contributed by atoms with Crippen molar-refractivity contribution in [1.82, 2.24) is 15.1 Å². The van der Waals surface area contributed by atoms with Crippen LogP contribution in [0.2, 0.25) is 5.02 Å². The Morgan fingerprint density at radius 2 is 2.12 bits per heavy atom. The molecule has 3 rings (SSSR count). The van der Waals surface area contributed by atoms with Crippen molar-refractivity contribution in [3.63, 3.8) is 0 Å². The van der Waals surface area contributed by atoms with Crippen molar-refractivity contribution in [2.75, 3.05) is 20.1 Å². The van der Waals surface area contributed by atoms with Crippen LogP contribution in [0.5, 0.6) is 0 Å². The number of carbonyl (C=O) groups is 1. The molecule has 0 bridgehead atoms. The summed E-state index contributed by atoms with van der Waals surface area (Å²) in [4.78, 5) is 12.8. The second-order valence-corrected chi connectivity index (χ2v) is 7.57. The van der Waals surface area contributed by atoms with Crippen LogP contribution in [0.4, 0.5) is 0 Å². The molecule has 142 valence electrons. The standard InChI is InChI=1S/C12H17ClNP.C7H11N3O/c1-14-7-5-9(6-8-14)10-3-2-4-11(15)12(10)13;1-2-5-6(3-8)9-10-7(5)4-11/h2-4,9H,5-8,15H2,1H3;4H,2-3,8H2,1H3,(H,9,10). The molecule has 0 spiro atoms. The molecule has 1 aliphatic rings. The average molecular weight is 395 g/mol. The number of carbonyl (C=O) groups excluding carboxylic acids is 1. The molecule has 2 aromatic rings. The lowest BCUT2D eigenvalue weighted by Gasteiger charge is -2.29. The molecular weight excluding hydrogens is 367 g/mol. The van der Waals surface area contributed by atoms with Crippen molar-refractivity contribution < 1.29 is 4.79 Å². The lowest BCUT2D eigenvalue weighted by Crippen LogP contribution is -2.29. The Bertz CT molecular complexity index is 726. The van der Waals surface area contributed by atoms with Gasteiger partial charge in [0.05, 0.1) is 10.7 Å². The van der Waals surface area contributed by atoms with Gasteiger partial charge in [0, 0.05) is 12.1 Å². The molecule has 1 fully saturated rings. The van der Waals surface area contributed by atoms with Gasteiger partial charge in [0.2, 0.25) is 0 Å². The fourth-order valence-corrected chi connectivity index (χ4v) is 3.84. The molecule has 1 unspecified atom stereocenters. The summed E-state index contributed by atoms with van der Waals surface area (Å²) in [5, 5.41) is 8.58. The van der Waals surface area contributed by atoms with Crippen LogP contribution in [0.3, 0.4) is 0 Å². The van der Waals surface area contributed by atoms with E-state index < -0.39 is 0 Å². The predicted octanol–water partition coefficient (Wildman–Crippen LogP) is 2.89. The van der Waals surface area contributed by atoms with Crippen LogP contribution in [0.1, 0.15) is 53.0 Å². The molecule has 1 aromatic carbocycles. The molecule has 2 heterocycles. The van der Waals surface area contributed by atoms with Gasteiger partial charge in [-0.05, 0) is 56.2 Å². The fraction of sp³-hybridized carbons (Fsp3) is 0.474. The van der Waals surface area contributed by atoms with Gasteiger partial charge in [-0.25, -0.2) is 0 Å². The summed E-state index contributed by atoms with van der Waals surface area (Å²) < 4.78 is 0. The van der Waals surface area contributed by atoms with Crippen molar-refractivity contribution >= 4 is 32.4 Å². The van der Waals surface area contributed by atoms with Crippen molar-refractivity contribution in [2.24, 2.45) is 5.73 Å². The lowest BCUT2D eigenvalue weighted by atomic mass is 9.89. The molecule has 0 radical (unpaired) electrons. The molecule has 0 saturated carbocycles. The second-order valence-electron chi connectivity index (χ2n) is 6.57. The third-order valence-electron chi connectivity index (χ3n) is 4.87. The number of H-pyrrole nitrogens is 1. The number of aldehydes is 1. The molecule has 7 heteroatoms. The Labute approximate surface area is 162 Å². The predicted molar refractivity (Wildman–Crippen MR) is 112 cm³/mol. The van der Waals surface area contributed by atoms with E-state index in [1.165, 1.54) is 31.5 Å². The van der Waals surface area contributed by atoms with Crippen molar-refractivity contribution in [2.45, 2.75) is 38.6 Å². The Kier molecular flexibility index (Phi) is 8.23. The summed E-state index contributed by atoms with van der Waals surface area (Å²) >= 11 is 6.33. The number of piperidine rings is 1. The summed E-state index contributed by atoms with van der Waals surface area (Å²) in [6, 6.07) is 6.32. The SMILES string of the molecule is CCc1c(C=O)n[nH]c1CN.CN1CCC(c2cccc(P)c2Cl)CC1. The van der Waals surface area contributed by atoms with Crippen molar-refractivity contribution in [3.05, 3.63) is 45.7 Å². The lowest BCUT2D eigenvalue weighted by molar-refractivity contribution is 0.111. The molecule has 0 aliphatic carbocycles. The van der Waals surface area contributed by atoms with Gasteiger partial charge in [-0.15, -0.1) is 9.24 Å². The number of benzene rings is 1. The molecule has 1 atom stereocenters. The van der Waals surface area contributed by atoms with Crippen LogP contribution >= 0.6 is 20.8 Å². The summed E-state index contributed by atoms with van der Waals surface area (Å²) in [5.41, 5.74) is 9.01.